The molecule has 1 aliphatic rings. The molecule has 1 aromatic rings. The van der Waals surface area contributed by atoms with Crippen molar-refractivity contribution >= 4 is 23.7 Å². The van der Waals surface area contributed by atoms with Crippen LogP contribution in [0.4, 0.5) is 5.69 Å². The van der Waals surface area contributed by atoms with Gasteiger partial charge in [0.05, 0.1) is 20.1 Å². The molecule has 0 spiro atoms. The van der Waals surface area contributed by atoms with Crippen LogP contribution in [0.25, 0.3) is 0 Å². The average molecular weight is 347 g/mol. The van der Waals surface area contributed by atoms with E-state index in [9.17, 15) is 14.4 Å². The molecular weight excluding hydrogens is 326 g/mol. The van der Waals surface area contributed by atoms with Crippen molar-refractivity contribution in [1.82, 2.24) is 0 Å². The minimum absolute atomic E-state index is 0.171. The highest BCUT2D eigenvalue weighted by molar-refractivity contribution is 6.28. The zero-order valence-electron chi connectivity index (χ0n) is 14.4. The minimum atomic E-state index is -0.965. The maximum Gasteiger partial charge on any atom is 0.309 e. The Kier molecular flexibility index (Phi) is 6.06. The van der Waals surface area contributed by atoms with Gasteiger partial charge in [-0.25, -0.2) is 0 Å². The fraction of sp³-hybridized carbons (Fsp3) is 0.389. The monoisotopic (exact) mass is 347 g/mol. The summed E-state index contributed by atoms with van der Waals surface area (Å²) in [4.78, 5) is 33.9. The molecule has 0 aliphatic carbocycles. The summed E-state index contributed by atoms with van der Waals surface area (Å²) in [5, 5.41) is 3.04. The number of aldehydes is 1. The molecule has 1 N–H and O–H groups in total. The Labute approximate surface area is 145 Å². The molecule has 1 atom stereocenters. The normalized spacial score (nSPS) is 20.8. The second-order valence-electron chi connectivity index (χ2n) is 6.02. The third-order valence-corrected chi connectivity index (χ3v) is 3.65. The molecule has 1 heterocycles. The quantitative estimate of drug-likeness (QED) is 0.475. The summed E-state index contributed by atoms with van der Waals surface area (Å²) >= 11 is 0. The first-order valence-electron chi connectivity index (χ1n) is 7.76. The molecule has 25 heavy (non-hydrogen) atoms. The van der Waals surface area contributed by atoms with Gasteiger partial charge in [0, 0.05) is 17.5 Å². The molecule has 7 nitrogen and oxygen atoms in total. The van der Waals surface area contributed by atoms with Crippen LogP contribution in [0.1, 0.15) is 19.4 Å². The van der Waals surface area contributed by atoms with Crippen molar-refractivity contribution < 1.29 is 28.6 Å². The number of hydrogen-bond acceptors (Lipinski definition) is 7. The summed E-state index contributed by atoms with van der Waals surface area (Å²) in [7, 11) is 1.34. The maximum absolute atomic E-state index is 11.8. The Morgan fingerprint density at radius 1 is 1.32 bits per heavy atom. The number of ketones is 1. The van der Waals surface area contributed by atoms with Crippen molar-refractivity contribution in [3.05, 3.63) is 41.6 Å². The first kappa shape index (κ1) is 18.8. The molecule has 1 aliphatic heterocycles. The molecule has 1 aromatic carbocycles. The van der Waals surface area contributed by atoms with E-state index in [-0.39, 0.29) is 25.3 Å². The number of rotatable bonds is 6. The molecule has 2 rings (SSSR count). The van der Waals surface area contributed by atoms with Gasteiger partial charge in [-0.1, -0.05) is 12.1 Å². The van der Waals surface area contributed by atoms with E-state index in [2.05, 4.69) is 10.1 Å². The standard InChI is InChI=1S/C18H21NO6/c1-18(2)24-11-13(17(25-18)15(21)10-20)9-19-14-6-4-12(5-7-14)8-16(22)23-3/h4-7,9-10,17,19H,8,11H2,1-3H3. The fourth-order valence-electron chi connectivity index (χ4n) is 2.28. The topological polar surface area (TPSA) is 90.9 Å². The highest BCUT2D eigenvalue weighted by atomic mass is 16.7. The lowest BCUT2D eigenvalue weighted by Crippen LogP contribution is -2.45. The largest absolute Gasteiger partial charge is 0.469 e. The van der Waals surface area contributed by atoms with Crippen LogP contribution in [0, 0.1) is 0 Å². The van der Waals surface area contributed by atoms with Crippen LogP contribution in [0.2, 0.25) is 0 Å². The van der Waals surface area contributed by atoms with E-state index >= 15 is 0 Å². The van der Waals surface area contributed by atoms with Gasteiger partial charge in [0.25, 0.3) is 0 Å². The summed E-state index contributed by atoms with van der Waals surface area (Å²) in [5.41, 5.74) is 2.10. The molecule has 1 unspecified atom stereocenters. The average Bonchev–Trinajstić information content (AvgIpc) is 2.60. The lowest BCUT2D eigenvalue weighted by Gasteiger charge is -2.36. The van der Waals surface area contributed by atoms with Crippen molar-refractivity contribution in [2.45, 2.75) is 32.2 Å². The smallest absolute Gasteiger partial charge is 0.309 e. The first-order valence-corrected chi connectivity index (χ1v) is 7.76. The number of ether oxygens (including phenoxy) is 3. The second-order valence-corrected chi connectivity index (χ2v) is 6.02. The molecule has 0 saturated carbocycles. The van der Waals surface area contributed by atoms with E-state index in [0.717, 1.165) is 11.3 Å². The maximum atomic E-state index is 11.8. The summed E-state index contributed by atoms with van der Waals surface area (Å²) in [6.07, 6.45) is 1.08. The predicted octanol–water partition coefficient (Wildman–Crippen LogP) is 1.62. The Morgan fingerprint density at radius 2 is 2.00 bits per heavy atom. The number of anilines is 1. The van der Waals surface area contributed by atoms with Crippen LogP contribution in [0.3, 0.4) is 0 Å². The molecule has 7 heteroatoms. The Bertz CT molecular complexity index is 677. The van der Waals surface area contributed by atoms with Crippen LogP contribution in [0.15, 0.2) is 36.0 Å². The lowest BCUT2D eigenvalue weighted by molar-refractivity contribution is -0.247. The third kappa shape index (κ3) is 5.23. The van der Waals surface area contributed by atoms with E-state index < -0.39 is 17.7 Å². The van der Waals surface area contributed by atoms with E-state index in [1.165, 1.54) is 7.11 Å². The van der Waals surface area contributed by atoms with Crippen LogP contribution in [-0.4, -0.2) is 43.6 Å². The van der Waals surface area contributed by atoms with Gasteiger partial charge in [0.15, 0.2) is 18.2 Å². The summed E-state index contributed by atoms with van der Waals surface area (Å²) < 4.78 is 15.7. The third-order valence-electron chi connectivity index (χ3n) is 3.65. The van der Waals surface area contributed by atoms with Gasteiger partial charge in [0.2, 0.25) is 5.78 Å². The van der Waals surface area contributed by atoms with Crippen molar-refractivity contribution in [2.75, 3.05) is 19.0 Å². The highest BCUT2D eigenvalue weighted by Gasteiger charge is 2.36. The predicted molar refractivity (Wildman–Crippen MR) is 89.8 cm³/mol. The fourth-order valence-corrected chi connectivity index (χ4v) is 2.28. The van der Waals surface area contributed by atoms with E-state index in [1.54, 1.807) is 44.3 Å². The van der Waals surface area contributed by atoms with Crippen LogP contribution in [-0.2, 0) is 35.0 Å². The van der Waals surface area contributed by atoms with E-state index in [1.807, 2.05) is 0 Å². The molecule has 1 saturated heterocycles. The molecule has 134 valence electrons. The number of Topliss-reactive ketones (excluding diaryl/α,β-unsaturated/α-hetero) is 1. The number of carbonyl (C=O) groups is 3. The molecule has 0 aromatic heterocycles. The SMILES string of the molecule is COC(=O)Cc1ccc(NC=C2COC(C)(C)OC2C(=O)C=O)cc1. The molecule has 0 radical (unpaired) electrons. The molecular formula is C18H21NO6. The van der Waals surface area contributed by atoms with Crippen LogP contribution < -0.4 is 5.32 Å². The van der Waals surface area contributed by atoms with Gasteiger partial charge in [-0.3, -0.25) is 14.4 Å². The number of nitrogens with one attached hydrogen (secondary N) is 1. The lowest BCUT2D eigenvalue weighted by atomic mass is 10.1. The molecule has 0 bridgehead atoms. The number of hydrogen-bond donors (Lipinski definition) is 1. The van der Waals surface area contributed by atoms with Gasteiger partial charge >= 0.3 is 5.97 Å². The minimum Gasteiger partial charge on any atom is -0.469 e. The number of esters is 1. The Morgan fingerprint density at radius 3 is 2.60 bits per heavy atom. The van der Waals surface area contributed by atoms with Crippen molar-refractivity contribution in [1.29, 1.82) is 0 Å². The van der Waals surface area contributed by atoms with Gasteiger partial charge < -0.3 is 19.5 Å². The van der Waals surface area contributed by atoms with Gasteiger partial charge in [0.1, 0.15) is 0 Å². The Balaban J connectivity index is 2.07. The summed E-state index contributed by atoms with van der Waals surface area (Å²) in [6.45, 7) is 3.54. The van der Waals surface area contributed by atoms with Crippen LogP contribution >= 0.6 is 0 Å². The van der Waals surface area contributed by atoms with Crippen molar-refractivity contribution in [3.8, 4) is 0 Å². The Hall–Kier alpha value is -2.51. The first-order chi connectivity index (χ1) is 11.8. The highest BCUT2D eigenvalue weighted by Crippen LogP contribution is 2.26. The van der Waals surface area contributed by atoms with Gasteiger partial charge in [-0.05, 0) is 31.5 Å². The van der Waals surface area contributed by atoms with E-state index in [4.69, 9.17) is 9.47 Å². The number of methoxy groups -OCH3 is 1. The van der Waals surface area contributed by atoms with Crippen molar-refractivity contribution in [3.63, 3.8) is 0 Å². The van der Waals surface area contributed by atoms with Crippen molar-refractivity contribution in [2.24, 2.45) is 0 Å². The molecule has 1 fully saturated rings. The number of benzene rings is 1. The zero-order valence-corrected chi connectivity index (χ0v) is 14.4. The molecule has 0 amide bonds. The second kappa shape index (κ2) is 8.04. The summed E-state index contributed by atoms with van der Waals surface area (Å²) in [6, 6.07) is 7.17. The number of carbonyl (C=O) groups excluding carboxylic acids is 3. The summed E-state index contributed by atoms with van der Waals surface area (Å²) in [5.74, 6) is -1.90. The van der Waals surface area contributed by atoms with Gasteiger partial charge in [-0.15, -0.1) is 0 Å². The zero-order chi connectivity index (χ0) is 18.4. The van der Waals surface area contributed by atoms with Gasteiger partial charge in [-0.2, -0.15) is 0 Å². The van der Waals surface area contributed by atoms with Crippen LogP contribution in [0.5, 0.6) is 0 Å². The van der Waals surface area contributed by atoms with E-state index in [0.29, 0.717) is 5.57 Å².